The number of nitrogens with zero attached hydrogens (tertiary/aromatic N) is 1. The number of amides is 1. The maximum absolute atomic E-state index is 12.1. The molecule has 0 bridgehead atoms. The quantitative estimate of drug-likeness (QED) is 0.323. The zero-order chi connectivity index (χ0) is 21.4. The van der Waals surface area contributed by atoms with Crippen LogP contribution in [0.1, 0.15) is 5.56 Å². The largest absolute Gasteiger partial charge is 0.573 e. The van der Waals surface area contributed by atoms with Gasteiger partial charge in [0.2, 0.25) is 0 Å². The van der Waals surface area contributed by atoms with Crippen molar-refractivity contribution in [2.75, 3.05) is 11.9 Å². The van der Waals surface area contributed by atoms with Gasteiger partial charge in [0.15, 0.2) is 6.61 Å². The fraction of sp³-hybridized carbons (Fsp3) is 0.111. The van der Waals surface area contributed by atoms with Crippen LogP contribution >= 0.6 is 0 Å². The molecule has 11 heteroatoms. The zero-order valence-corrected chi connectivity index (χ0v) is 14.5. The number of ether oxygens (including phenoxy) is 2. The minimum absolute atomic E-state index is 0.147. The standard InChI is InChI=1S/C18H13F3N2O6/c19-18(20,21)29-15-7-5-13(6-8-15)22-16(24)11-28-17(25)9-4-12-2-1-3-14(10-12)23(26)27/h1-10H,11H2,(H,22,24). The molecule has 0 radical (unpaired) electrons. The summed E-state index contributed by atoms with van der Waals surface area (Å²) in [4.78, 5) is 33.5. The van der Waals surface area contributed by atoms with E-state index < -0.39 is 35.5 Å². The number of hydrogen-bond acceptors (Lipinski definition) is 6. The Morgan fingerprint density at radius 1 is 1.14 bits per heavy atom. The second-order valence-electron chi connectivity index (χ2n) is 5.41. The van der Waals surface area contributed by atoms with Crippen molar-refractivity contribution in [2.24, 2.45) is 0 Å². The molecule has 0 spiro atoms. The number of nitro benzene ring substituents is 1. The monoisotopic (exact) mass is 410 g/mol. The summed E-state index contributed by atoms with van der Waals surface area (Å²) in [5.74, 6) is -2.03. The Kier molecular flexibility index (Phi) is 6.90. The Bertz CT molecular complexity index is 926. The Balaban J connectivity index is 1.82. The lowest BCUT2D eigenvalue weighted by Crippen LogP contribution is -2.20. The highest BCUT2D eigenvalue weighted by atomic mass is 19.4. The molecule has 0 atom stereocenters. The number of nitrogens with one attached hydrogen (secondary N) is 1. The molecule has 0 unspecified atom stereocenters. The van der Waals surface area contributed by atoms with E-state index in [0.717, 1.165) is 18.2 Å². The summed E-state index contributed by atoms with van der Waals surface area (Å²) in [6, 6.07) is 9.92. The Morgan fingerprint density at radius 2 is 1.83 bits per heavy atom. The number of alkyl halides is 3. The molecular formula is C18H13F3N2O6. The van der Waals surface area contributed by atoms with E-state index in [1.54, 1.807) is 0 Å². The van der Waals surface area contributed by atoms with Gasteiger partial charge < -0.3 is 14.8 Å². The van der Waals surface area contributed by atoms with Crippen LogP contribution in [0.4, 0.5) is 24.5 Å². The van der Waals surface area contributed by atoms with Gasteiger partial charge in [-0.15, -0.1) is 13.2 Å². The van der Waals surface area contributed by atoms with Gasteiger partial charge in [-0.05, 0) is 35.9 Å². The lowest BCUT2D eigenvalue weighted by atomic mass is 10.2. The van der Waals surface area contributed by atoms with Crippen LogP contribution in [0.2, 0.25) is 0 Å². The van der Waals surface area contributed by atoms with E-state index in [4.69, 9.17) is 4.74 Å². The van der Waals surface area contributed by atoms with Gasteiger partial charge in [-0.1, -0.05) is 12.1 Å². The topological polar surface area (TPSA) is 108 Å². The van der Waals surface area contributed by atoms with Crippen molar-refractivity contribution in [1.82, 2.24) is 0 Å². The predicted octanol–water partition coefficient (Wildman–Crippen LogP) is 3.69. The summed E-state index contributed by atoms with van der Waals surface area (Å²) in [6.07, 6.45) is -2.54. The molecule has 0 aliphatic carbocycles. The smallest absolute Gasteiger partial charge is 0.452 e. The molecule has 2 rings (SSSR count). The average molecular weight is 410 g/mol. The highest BCUT2D eigenvalue weighted by Gasteiger charge is 2.30. The van der Waals surface area contributed by atoms with E-state index in [1.807, 2.05) is 0 Å². The fourth-order valence-corrected chi connectivity index (χ4v) is 2.03. The summed E-state index contributed by atoms with van der Waals surface area (Å²) >= 11 is 0. The zero-order valence-electron chi connectivity index (χ0n) is 14.5. The van der Waals surface area contributed by atoms with Crippen LogP contribution in [0.25, 0.3) is 6.08 Å². The van der Waals surface area contributed by atoms with Gasteiger partial charge in [-0.25, -0.2) is 4.79 Å². The van der Waals surface area contributed by atoms with Gasteiger partial charge in [0.25, 0.3) is 11.6 Å². The van der Waals surface area contributed by atoms with E-state index in [9.17, 15) is 32.9 Å². The molecule has 1 N–H and O–H groups in total. The summed E-state index contributed by atoms with van der Waals surface area (Å²) in [6.45, 7) is -0.640. The minimum Gasteiger partial charge on any atom is -0.452 e. The number of nitro groups is 1. The van der Waals surface area contributed by atoms with Crippen molar-refractivity contribution in [1.29, 1.82) is 0 Å². The molecule has 0 heterocycles. The van der Waals surface area contributed by atoms with Crippen molar-refractivity contribution < 1.29 is 37.2 Å². The normalized spacial score (nSPS) is 11.1. The molecule has 0 fully saturated rings. The van der Waals surface area contributed by atoms with Crippen LogP contribution in [0.3, 0.4) is 0 Å². The summed E-state index contributed by atoms with van der Waals surface area (Å²) in [5, 5.41) is 13.0. The van der Waals surface area contributed by atoms with Gasteiger partial charge in [0.1, 0.15) is 5.75 Å². The summed E-state index contributed by atoms with van der Waals surface area (Å²) < 4.78 is 44.7. The highest BCUT2D eigenvalue weighted by Crippen LogP contribution is 2.23. The molecule has 2 aromatic rings. The van der Waals surface area contributed by atoms with Gasteiger partial charge in [0.05, 0.1) is 4.92 Å². The lowest BCUT2D eigenvalue weighted by molar-refractivity contribution is -0.384. The van der Waals surface area contributed by atoms with Crippen LogP contribution in [0, 0.1) is 10.1 Å². The van der Waals surface area contributed by atoms with E-state index in [-0.39, 0.29) is 11.4 Å². The van der Waals surface area contributed by atoms with E-state index >= 15 is 0 Å². The first-order chi connectivity index (χ1) is 13.6. The first-order valence-corrected chi connectivity index (χ1v) is 7.87. The van der Waals surface area contributed by atoms with Crippen molar-refractivity contribution in [3.63, 3.8) is 0 Å². The molecule has 2 aromatic carbocycles. The van der Waals surface area contributed by atoms with E-state index in [2.05, 4.69) is 10.1 Å². The second kappa shape index (κ2) is 9.35. The number of hydrogen-bond donors (Lipinski definition) is 1. The Labute approximate surface area is 161 Å². The summed E-state index contributed by atoms with van der Waals surface area (Å²) in [7, 11) is 0. The number of esters is 1. The maximum atomic E-state index is 12.1. The number of halogens is 3. The van der Waals surface area contributed by atoms with Crippen molar-refractivity contribution >= 4 is 29.3 Å². The number of carbonyl (C=O) groups is 2. The minimum atomic E-state index is -4.82. The fourth-order valence-electron chi connectivity index (χ4n) is 2.03. The Hall–Kier alpha value is -3.89. The molecule has 0 saturated heterocycles. The number of benzene rings is 2. The Morgan fingerprint density at radius 3 is 2.45 bits per heavy atom. The number of rotatable bonds is 7. The molecule has 8 nitrogen and oxygen atoms in total. The van der Waals surface area contributed by atoms with Gasteiger partial charge in [0, 0.05) is 23.9 Å². The van der Waals surface area contributed by atoms with Gasteiger partial charge in [-0.3, -0.25) is 14.9 Å². The molecule has 29 heavy (non-hydrogen) atoms. The third-order valence-corrected chi connectivity index (χ3v) is 3.21. The SMILES string of the molecule is O=C(COC(=O)C=Cc1cccc([N+](=O)[O-])c1)Nc1ccc(OC(F)(F)F)cc1. The first kappa shape index (κ1) is 21.4. The highest BCUT2D eigenvalue weighted by molar-refractivity contribution is 5.94. The molecular weight excluding hydrogens is 397 g/mol. The van der Waals surface area contributed by atoms with E-state index in [1.165, 1.54) is 42.5 Å². The first-order valence-electron chi connectivity index (χ1n) is 7.87. The molecule has 0 saturated carbocycles. The third kappa shape index (κ3) is 7.71. The van der Waals surface area contributed by atoms with Crippen LogP contribution in [-0.4, -0.2) is 29.8 Å². The molecule has 0 aliphatic rings. The summed E-state index contributed by atoms with van der Waals surface area (Å²) in [5.41, 5.74) is 0.418. The van der Waals surface area contributed by atoms with Crippen molar-refractivity contribution in [3.8, 4) is 5.75 Å². The number of non-ortho nitro benzene ring substituents is 1. The van der Waals surface area contributed by atoms with Crippen LogP contribution in [-0.2, 0) is 14.3 Å². The van der Waals surface area contributed by atoms with Crippen molar-refractivity contribution in [2.45, 2.75) is 6.36 Å². The maximum Gasteiger partial charge on any atom is 0.573 e. The van der Waals surface area contributed by atoms with E-state index in [0.29, 0.717) is 5.56 Å². The van der Waals surface area contributed by atoms with Crippen LogP contribution < -0.4 is 10.1 Å². The van der Waals surface area contributed by atoms with Gasteiger partial charge in [-0.2, -0.15) is 0 Å². The van der Waals surface area contributed by atoms with Gasteiger partial charge >= 0.3 is 12.3 Å². The lowest BCUT2D eigenvalue weighted by Gasteiger charge is -2.10. The molecule has 1 amide bonds. The third-order valence-electron chi connectivity index (χ3n) is 3.21. The number of anilines is 1. The molecule has 0 aromatic heterocycles. The van der Waals surface area contributed by atoms with Crippen molar-refractivity contribution in [3.05, 3.63) is 70.3 Å². The number of carbonyl (C=O) groups excluding carboxylic acids is 2. The molecule has 0 aliphatic heterocycles. The predicted molar refractivity (Wildman–Crippen MR) is 94.8 cm³/mol. The molecule has 152 valence electrons. The second-order valence-corrected chi connectivity index (χ2v) is 5.41. The van der Waals surface area contributed by atoms with Crippen LogP contribution in [0.5, 0.6) is 5.75 Å². The van der Waals surface area contributed by atoms with Crippen LogP contribution in [0.15, 0.2) is 54.6 Å². The average Bonchev–Trinajstić information content (AvgIpc) is 2.65.